The monoisotopic (exact) mass is 634 g/mol. The highest BCUT2D eigenvalue weighted by Gasteiger charge is 1.95. The van der Waals surface area contributed by atoms with Crippen LogP contribution in [0.4, 0.5) is 0 Å². The summed E-state index contributed by atoms with van der Waals surface area (Å²) in [5, 5.41) is 3.64. The maximum absolute atomic E-state index is 3.64. The van der Waals surface area contributed by atoms with Crippen molar-refractivity contribution in [3.63, 3.8) is 0 Å². The molecule has 0 atom stereocenters. The van der Waals surface area contributed by atoms with E-state index in [1.807, 2.05) is 0 Å². The van der Waals surface area contributed by atoms with Gasteiger partial charge in [0.2, 0.25) is 0 Å². The Labute approximate surface area is 280 Å². The maximum atomic E-state index is 3.64. The van der Waals surface area contributed by atoms with Crippen molar-refractivity contribution in [2.24, 2.45) is 0 Å². The standard InChI is InChI=1S/C40H75NS2/c1-3-5-7-9-11-13-15-17-19-21-23-25-27-29-31-33-37-42-39-35-41-36-40-43-38-34-32-30-28-26-24-22-20-18-16-14-12-10-8-6-4-2/h11-14,17-20,41H,3-10,15-16,21-40H2,1-2H3/b13-11-,14-12-,19-17-,20-18-. The lowest BCUT2D eigenvalue weighted by atomic mass is 10.1. The van der Waals surface area contributed by atoms with Crippen LogP contribution in [0.2, 0.25) is 0 Å². The first kappa shape index (κ1) is 42.6. The summed E-state index contributed by atoms with van der Waals surface area (Å²) in [6.45, 7) is 6.90. The van der Waals surface area contributed by atoms with Crippen molar-refractivity contribution < 1.29 is 0 Å². The molecular weight excluding hydrogens is 559 g/mol. The second-order valence-electron chi connectivity index (χ2n) is 12.1. The van der Waals surface area contributed by atoms with Crippen LogP contribution in [0.3, 0.4) is 0 Å². The minimum Gasteiger partial charge on any atom is -0.315 e. The highest BCUT2D eigenvalue weighted by atomic mass is 32.2. The molecule has 0 aliphatic carbocycles. The van der Waals surface area contributed by atoms with Gasteiger partial charge in [-0.15, -0.1) is 0 Å². The number of hydrogen-bond donors (Lipinski definition) is 1. The van der Waals surface area contributed by atoms with Crippen LogP contribution >= 0.6 is 23.5 Å². The van der Waals surface area contributed by atoms with Crippen LogP contribution < -0.4 is 5.32 Å². The first-order chi connectivity index (χ1) is 21.4. The molecule has 0 aromatic rings. The van der Waals surface area contributed by atoms with E-state index in [2.05, 4.69) is 91.3 Å². The molecule has 0 bridgehead atoms. The SMILES string of the molecule is CCCCC/C=C\C/C=C\CCCCCCCCSCCNCCSCCCCCCCC/C=C\C/C=C\CCCCC. The summed E-state index contributed by atoms with van der Waals surface area (Å²) in [4.78, 5) is 0. The Hall–Kier alpha value is -0.380. The van der Waals surface area contributed by atoms with Crippen molar-refractivity contribution >= 4 is 23.5 Å². The molecule has 0 unspecified atom stereocenters. The molecule has 0 saturated heterocycles. The van der Waals surface area contributed by atoms with Gasteiger partial charge >= 0.3 is 0 Å². The summed E-state index contributed by atoms with van der Waals surface area (Å²) in [6, 6.07) is 0. The van der Waals surface area contributed by atoms with Crippen LogP contribution in [-0.2, 0) is 0 Å². The van der Waals surface area contributed by atoms with E-state index in [1.54, 1.807) is 0 Å². The third-order valence-electron chi connectivity index (χ3n) is 7.82. The minimum atomic E-state index is 1.12. The Bertz CT molecular complexity index is 558. The molecule has 0 radical (unpaired) electrons. The highest BCUT2D eigenvalue weighted by Crippen LogP contribution is 2.12. The van der Waals surface area contributed by atoms with Gasteiger partial charge in [0.25, 0.3) is 0 Å². The summed E-state index contributed by atoms with van der Waals surface area (Å²) in [5.41, 5.74) is 0. The Kier molecular flexibility index (Phi) is 41.3. The van der Waals surface area contributed by atoms with Crippen LogP contribution in [0.25, 0.3) is 0 Å². The second-order valence-corrected chi connectivity index (χ2v) is 14.6. The van der Waals surface area contributed by atoms with Gasteiger partial charge < -0.3 is 5.32 Å². The Morgan fingerprint density at radius 2 is 0.674 bits per heavy atom. The molecule has 0 amide bonds. The fraction of sp³-hybridized carbons (Fsp3) is 0.800. The predicted molar refractivity (Wildman–Crippen MR) is 206 cm³/mol. The zero-order valence-corrected chi connectivity index (χ0v) is 30.8. The molecule has 1 N–H and O–H groups in total. The fourth-order valence-electron chi connectivity index (χ4n) is 5.00. The van der Waals surface area contributed by atoms with Gasteiger partial charge in [0.05, 0.1) is 0 Å². The summed E-state index contributed by atoms with van der Waals surface area (Å²) in [7, 11) is 0. The van der Waals surface area contributed by atoms with E-state index in [-0.39, 0.29) is 0 Å². The first-order valence-corrected chi connectivity index (χ1v) is 21.2. The van der Waals surface area contributed by atoms with Crippen molar-refractivity contribution in [1.82, 2.24) is 5.32 Å². The molecule has 0 saturated carbocycles. The number of nitrogens with one attached hydrogen (secondary N) is 1. The van der Waals surface area contributed by atoms with Crippen molar-refractivity contribution in [1.29, 1.82) is 0 Å². The van der Waals surface area contributed by atoms with Gasteiger partial charge in [-0.1, -0.05) is 140 Å². The molecule has 0 spiro atoms. The maximum Gasteiger partial charge on any atom is 0.00581 e. The number of hydrogen-bond acceptors (Lipinski definition) is 3. The summed E-state index contributed by atoms with van der Waals surface area (Å²) >= 11 is 4.28. The van der Waals surface area contributed by atoms with Gasteiger partial charge in [-0.2, -0.15) is 23.5 Å². The second kappa shape index (κ2) is 41.6. The van der Waals surface area contributed by atoms with Crippen LogP contribution in [-0.4, -0.2) is 36.1 Å². The molecule has 0 heterocycles. The number of rotatable bonds is 36. The highest BCUT2D eigenvalue weighted by molar-refractivity contribution is 7.99. The largest absolute Gasteiger partial charge is 0.315 e. The lowest BCUT2D eigenvalue weighted by Gasteiger charge is -2.05. The number of thioether (sulfide) groups is 2. The molecule has 0 aliphatic rings. The average molecular weight is 634 g/mol. The van der Waals surface area contributed by atoms with Gasteiger partial charge in [-0.25, -0.2) is 0 Å². The van der Waals surface area contributed by atoms with E-state index in [0.717, 1.165) is 12.8 Å². The molecule has 0 fully saturated rings. The summed E-state index contributed by atoms with van der Waals surface area (Å²) in [6.07, 6.45) is 51.1. The average Bonchev–Trinajstić information content (AvgIpc) is 3.02. The fourth-order valence-corrected chi connectivity index (χ4v) is 6.80. The van der Waals surface area contributed by atoms with Crippen LogP contribution in [0.1, 0.15) is 168 Å². The van der Waals surface area contributed by atoms with E-state index < -0.39 is 0 Å². The molecule has 1 nitrogen and oxygen atoms in total. The van der Waals surface area contributed by atoms with E-state index in [9.17, 15) is 0 Å². The molecule has 0 aliphatic heterocycles. The van der Waals surface area contributed by atoms with Crippen LogP contribution in [0.15, 0.2) is 48.6 Å². The zero-order chi connectivity index (χ0) is 31.0. The molecule has 0 rings (SSSR count). The Morgan fingerprint density at radius 3 is 1.05 bits per heavy atom. The first-order valence-electron chi connectivity index (χ1n) is 18.9. The van der Waals surface area contributed by atoms with E-state index in [4.69, 9.17) is 0 Å². The smallest absolute Gasteiger partial charge is 0.00581 e. The Balaban J connectivity index is 3.14. The van der Waals surface area contributed by atoms with Crippen LogP contribution in [0.5, 0.6) is 0 Å². The third-order valence-corrected chi connectivity index (χ3v) is 9.97. The molecular formula is C40H75NS2. The van der Waals surface area contributed by atoms with Crippen molar-refractivity contribution in [3.8, 4) is 0 Å². The molecule has 3 heteroatoms. The minimum absolute atomic E-state index is 1.12. The normalized spacial score (nSPS) is 12.3. The summed E-state index contributed by atoms with van der Waals surface area (Å²) in [5.74, 6) is 5.24. The summed E-state index contributed by atoms with van der Waals surface area (Å²) < 4.78 is 0. The van der Waals surface area contributed by atoms with Crippen molar-refractivity contribution in [3.05, 3.63) is 48.6 Å². The van der Waals surface area contributed by atoms with Gasteiger partial charge in [0, 0.05) is 24.6 Å². The van der Waals surface area contributed by atoms with E-state index in [1.165, 1.54) is 177 Å². The lowest BCUT2D eigenvalue weighted by Crippen LogP contribution is -2.20. The van der Waals surface area contributed by atoms with Crippen molar-refractivity contribution in [2.45, 2.75) is 168 Å². The molecule has 252 valence electrons. The van der Waals surface area contributed by atoms with Gasteiger partial charge in [0.1, 0.15) is 0 Å². The van der Waals surface area contributed by atoms with Gasteiger partial charge in [-0.05, 0) is 88.6 Å². The lowest BCUT2D eigenvalue weighted by molar-refractivity contribution is 0.613. The van der Waals surface area contributed by atoms with Crippen molar-refractivity contribution in [2.75, 3.05) is 36.1 Å². The molecule has 43 heavy (non-hydrogen) atoms. The van der Waals surface area contributed by atoms with E-state index >= 15 is 0 Å². The zero-order valence-electron chi connectivity index (χ0n) is 29.1. The third kappa shape index (κ3) is 41.6. The molecule has 0 aromatic carbocycles. The van der Waals surface area contributed by atoms with Crippen LogP contribution in [0, 0.1) is 0 Å². The molecule has 0 aromatic heterocycles. The van der Waals surface area contributed by atoms with Gasteiger partial charge in [-0.3, -0.25) is 0 Å². The number of unbranched alkanes of at least 4 members (excludes halogenated alkanes) is 18. The number of allylic oxidation sites excluding steroid dienone is 8. The quantitative estimate of drug-likeness (QED) is 0.0544. The van der Waals surface area contributed by atoms with E-state index in [0.29, 0.717) is 0 Å². The Morgan fingerprint density at radius 1 is 0.349 bits per heavy atom. The topological polar surface area (TPSA) is 12.0 Å². The van der Waals surface area contributed by atoms with Gasteiger partial charge in [0.15, 0.2) is 0 Å². The predicted octanol–water partition coefficient (Wildman–Crippen LogP) is 13.7.